The van der Waals surface area contributed by atoms with Crippen molar-refractivity contribution in [2.45, 2.75) is 62.5 Å². The van der Waals surface area contributed by atoms with Crippen LogP contribution in [0.2, 0.25) is 0 Å². The lowest BCUT2D eigenvalue weighted by Gasteiger charge is -2.41. The van der Waals surface area contributed by atoms with E-state index in [0.717, 1.165) is 31.2 Å². The Morgan fingerprint density at radius 3 is 2.52 bits per heavy atom. The van der Waals surface area contributed by atoms with Gasteiger partial charge < -0.3 is 14.4 Å². The van der Waals surface area contributed by atoms with Crippen LogP contribution in [0, 0.1) is 0 Å². The fourth-order valence-electron chi connectivity index (χ4n) is 4.77. The number of carbonyl (C=O) groups is 1. The molecule has 0 spiro atoms. The van der Waals surface area contributed by atoms with E-state index in [1.165, 1.54) is 19.2 Å². The third-order valence-electron chi connectivity index (χ3n) is 6.89. The number of para-hydroxylation sites is 1. The molecule has 8 heteroatoms. The summed E-state index contributed by atoms with van der Waals surface area (Å²) in [6.45, 7) is 5.46. The van der Waals surface area contributed by atoms with Gasteiger partial charge in [0.2, 0.25) is 10.0 Å². The molecule has 1 atom stereocenters. The maximum atomic E-state index is 13.5. The molecular formula is C25H32N2O5S. The minimum Gasteiger partial charge on any atom is -0.496 e. The molecule has 1 saturated heterocycles. The van der Waals surface area contributed by atoms with Gasteiger partial charge in [-0.05, 0) is 49.9 Å². The number of ether oxygens (including phenoxy) is 2. The van der Waals surface area contributed by atoms with Gasteiger partial charge in [-0.2, -0.15) is 0 Å². The highest BCUT2D eigenvalue weighted by Gasteiger charge is 2.40. The van der Waals surface area contributed by atoms with Crippen LogP contribution in [0.1, 0.15) is 67.9 Å². The number of nitrogens with one attached hydrogen (secondary N) is 1. The van der Waals surface area contributed by atoms with E-state index < -0.39 is 21.7 Å². The first-order valence-corrected chi connectivity index (χ1v) is 13.1. The SMILES string of the molecule is CCC1(CC)CC(NS(=O)(=O)c2ccc(OC)c(C(=O)N3CCCC3)c2)c2ccccc2O1. The Labute approximate surface area is 196 Å². The van der Waals surface area contributed by atoms with E-state index in [-0.39, 0.29) is 16.4 Å². The summed E-state index contributed by atoms with van der Waals surface area (Å²) in [5, 5.41) is 0. The summed E-state index contributed by atoms with van der Waals surface area (Å²) in [6, 6.07) is 11.6. The minimum atomic E-state index is -3.91. The monoisotopic (exact) mass is 472 g/mol. The van der Waals surface area contributed by atoms with E-state index in [1.807, 2.05) is 24.3 Å². The zero-order valence-corrected chi connectivity index (χ0v) is 20.3. The number of methoxy groups -OCH3 is 1. The van der Waals surface area contributed by atoms with Crippen LogP contribution in [0.25, 0.3) is 0 Å². The summed E-state index contributed by atoms with van der Waals surface area (Å²) >= 11 is 0. The molecule has 2 aromatic carbocycles. The first-order valence-electron chi connectivity index (χ1n) is 11.6. The lowest BCUT2D eigenvalue weighted by molar-refractivity contribution is 0.0260. The molecule has 1 fully saturated rings. The number of hydrogen-bond acceptors (Lipinski definition) is 5. The van der Waals surface area contributed by atoms with Crippen LogP contribution < -0.4 is 14.2 Å². The Kier molecular flexibility index (Phi) is 6.68. The molecule has 2 aliphatic rings. The Balaban J connectivity index is 1.67. The van der Waals surface area contributed by atoms with Crippen molar-refractivity contribution in [1.82, 2.24) is 9.62 Å². The summed E-state index contributed by atoms with van der Waals surface area (Å²) in [5.74, 6) is 0.881. The molecule has 0 aromatic heterocycles. The standard InChI is InChI=1S/C25H32N2O5S/c1-4-25(5-2)17-21(19-10-6-7-11-23(19)32-25)26-33(29,30)18-12-13-22(31-3)20(16-18)24(28)27-14-8-9-15-27/h6-7,10-13,16,21,26H,4-5,8-9,14-15,17H2,1-3H3. The molecule has 2 heterocycles. The van der Waals surface area contributed by atoms with E-state index in [4.69, 9.17) is 9.47 Å². The van der Waals surface area contributed by atoms with Crippen LogP contribution in [0.3, 0.4) is 0 Å². The van der Waals surface area contributed by atoms with Crippen LogP contribution in [-0.4, -0.2) is 45.0 Å². The summed E-state index contributed by atoms with van der Waals surface area (Å²) < 4.78 is 41.5. The van der Waals surface area contributed by atoms with Crippen molar-refractivity contribution in [3.05, 3.63) is 53.6 Å². The van der Waals surface area contributed by atoms with Crippen molar-refractivity contribution in [3.8, 4) is 11.5 Å². The summed E-state index contributed by atoms with van der Waals surface area (Å²) in [6.07, 6.45) is 3.98. The van der Waals surface area contributed by atoms with E-state index in [1.54, 1.807) is 11.0 Å². The molecular weight excluding hydrogens is 440 g/mol. The molecule has 33 heavy (non-hydrogen) atoms. The summed E-state index contributed by atoms with van der Waals surface area (Å²) in [7, 11) is -2.42. The van der Waals surface area contributed by atoms with Gasteiger partial charge in [-0.15, -0.1) is 0 Å². The fourth-order valence-corrected chi connectivity index (χ4v) is 6.01. The number of rotatable bonds is 7. The Morgan fingerprint density at radius 1 is 1.15 bits per heavy atom. The predicted octanol–water partition coefficient (Wildman–Crippen LogP) is 4.29. The zero-order valence-electron chi connectivity index (χ0n) is 19.5. The van der Waals surface area contributed by atoms with Crippen molar-refractivity contribution in [3.63, 3.8) is 0 Å². The maximum absolute atomic E-state index is 13.5. The van der Waals surface area contributed by atoms with Gasteiger partial charge in [-0.3, -0.25) is 4.79 Å². The lowest BCUT2D eigenvalue weighted by Crippen LogP contribution is -2.44. The zero-order chi connectivity index (χ0) is 23.6. The van der Waals surface area contributed by atoms with Crippen LogP contribution in [0.5, 0.6) is 11.5 Å². The van der Waals surface area contributed by atoms with E-state index in [2.05, 4.69) is 18.6 Å². The third-order valence-corrected chi connectivity index (χ3v) is 8.36. The van der Waals surface area contributed by atoms with Gasteiger partial charge in [0.25, 0.3) is 5.91 Å². The van der Waals surface area contributed by atoms with Crippen molar-refractivity contribution in [1.29, 1.82) is 0 Å². The minimum absolute atomic E-state index is 0.0495. The molecule has 2 aromatic rings. The molecule has 2 aliphatic heterocycles. The number of carbonyl (C=O) groups excluding carboxylic acids is 1. The Hall–Kier alpha value is -2.58. The second kappa shape index (κ2) is 9.35. The van der Waals surface area contributed by atoms with E-state index >= 15 is 0 Å². The normalized spacial score (nSPS) is 19.6. The number of likely N-dealkylation sites (tertiary alicyclic amines) is 1. The molecule has 1 unspecified atom stereocenters. The maximum Gasteiger partial charge on any atom is 0.257 e. The van der Waals surface area contributed by atoms with E-state index in [9.17, 15) is 13.2 Å². The lowest BCUT2D eigenvalue weighted by atomic mass is 9.84. The largest absolute Gasteiger partial charge is 0.496 e. The van der Waals surface area contributed by atoms with Gasteiger partial charge in [-0.1, -0.05) is 32.0 Å². The molecule has 0 saturated carbocycles. The molecule has 1 N–H and O–H groups in total. The quantitative estimate of drug-likeness (QED) is 0.650. The molecule has 0 bridgehead atoms. The molecule has 7 nitrogen and oxygen atoms in total. The summed E-state index contributed by atoms with van der Waals surface area (Å²) in [4.78, 5) is 14.8. The number of nitrogens with zero attached hydrogens (tertiary/aromatic N) is 1. The molecule has 0 radical (unpaired) electrons. The fraction of sp³-hybridized carbons (Fsp3) is 0.480. The van der Waals surface area contributed by atoms with E-state index in [0.29, 0.717) is 31.0 Å². The van der Waals surface area contributed by atoms with Crippen molar-refractivity contribution >= 4 is 15.9 Å². The number of benzene rings is 2. The number of hydrogen-bond donors (Lipinski definition) is 1. The Bertz CT molecular complexity index is 1120. The van der Waals surface area contributed by atoms with Gasteiger partial charge in [0.15, 0.2) is 0 Å². The predicted molar refractivity (Wildman–Crippen MR) is 126 cm³/mol. The van der Waals surface area contributed by atoms with Crippen LogP contribution in [0.15, 0.2) is 47.4 Å². The molecule has 1 amide bonds. The second-order valence-electron chi connectivity index (χ2n) is 8.77. The average molecular weight is 473 g/mol. The second-order valence-corrected chi connectivity index (χ2v) is 10.5. The highest BCUT2D eigenvalue weighted by Crippen LogP contribution is 2.43. The number of fused-ring (bicyclic) bond motifs is 1. The van der Waals surface area contributed by atoms with Crippen molar-refractivity contribution in [2.75, 3.05) is 20.2 Å². The smallest absolute Gasteiger partial charge is 0.257 e. The highest BCUT2D eigenvalue weighted by atomic mass is 32.2. The Morgan fingerprint density at radius 2 is 1.85 bits per heavy atom. The number of sulfonamides is 1. The molecule has 4 rings (SSSR count). The number of amides is 1. The van der Waals surface area contributed by atoms with Gasteiger partial charge in [0.1, 0.15) is 17.1 Å². The summed E-state index contributed by atoms with van der Waals surface area (Å²) in [5.41, 5.74) is 0.657. The van der Waals surface area contributed by atoms with Crippen molar-refractivity contribution < 1.29 is 22.7 Å². The van der Waals surface area contributed by atoms with Gasteiger partial charge in [-0.25, -0.2) is 13.1 Å². The molecule has 178 valence electrons. The topological polar surface area (TPSA) is 84.9 Å². The van der Waals surface area contributed by atoms with Gasteiger partial charge in [0.05, 0.1) is 23.6 Å². The third kappa shape index (κ3) is 4.59. The average Bonchev–Trinajstić information content (AvgIpc) is 3.38. The first kappa shape index (κ1) is 23.6. The van der Waals surface area contributed by atoms with Crippen molar-refractivity contribution in [2.24, 2.45) is 0 Å². The van der Waals surface area contributed by atoms with Gasteiger partial charge >= 0.3 is 0 Å². The van der Waals surface area contributed by atoms with Crippen LogP contribution in [0.4, 0.5) is 0 Å². The first-order chi connectivity index (χ1) is 15.8. The van der Waals surface area contributed by atoms with Crippen LogP contribution >= 0.6 is 0 Å². The molecule has 0 aliphatic carbocycles. The van der Waals surface area contributed by atoms with Gasteiger partial charge in [0, 0.05) is 25.1 Å². The highest BCUT2D eigenvalue weighted by molar-refractivity contribution is 7.89. The van der Waals surface area contributed by atoms with Crippen LogP contribution in [-0.2, 0) is 10.0 Å².